The SMILES string of the molecule is CC(C)(C)c1cc(NC(=O)Nc2ccc(OCCc3ccccn3)cc2)no1. The molecule has 3 rings (SSSR count). The summed E-state index contributed by atoms with van der Waals surface area (Å²) >= 11 is 0. The normalized spacial score (nSPS) is 11.1. The average molecular weight is 380 g/mol. The van der Waals surface area contributed by atoms with Crippen LogP contribution < -0.4 is 15.4 Å². The van der Waals surface area contributed by atoms with Crippen molar-refractivity contribution < 1.29 is 14.1 Å². The molecule has 2 amide bonds. The van der Waals surface area contributed by atoms with Crippen LogP contribution in [-0.4, -0.2) is 22.8 Å². The first-order valence-corrected chi connectivity index (χ1v) is 9.08. The first kappa shape index (κ1) is 19.4. The van der Waals surface area contributed by atoms with Crippen molar-refractivity contribution in [3.05, 3.63) is 66.2 Å². The van der Waals surface area contributed by atoms with Crippen LogP contribution in [0.3, 0.4) is 0 Å². The number of benzene rings is 1. The number of rotatable bonds is 6. The van der Waals surface area contributed by atoms with Gasteiger partial charge in [0.05, 0.1) is 6.61 Å². The second-order valence-corrected chi connectivity index (χ2v) is 7.35. The van der Waals surface area contributed by atoms with E-state index in [1.165, 1.54) is 0 Å². The van der Waals surface area contributed by atoms with Crippen LogP contribution in [0, 0.1) is 0 Å². The van der Waals surface area contributed by atoms with Gasteiger partial charge >= 0.3 is 6.03 Å². The number of amides is 2. The molecule has 0 fully saturated rings. The molecule has 28 heavy (non-hydrogen) atoms. The maximum absolute atomic E-state index is 12.1. The van der Waals surface area contributed by atoms with Crippen LogP contribution in [0.5, 0.6) is 5.75 Å². The monoisotopic (exact) mass is 380 g/mol. The van der Waals surface area contributed by atoms with Crippen LogP contribution in [0.15, 0.2) is 59.3 Å². The van der Waals surface area contributed by atoms with E-state index in [2.05, 4.69) is 20.8 Å². The highest BCUT2D eigenvalue weighted by Crippen LogP contribution is 2.24. The zero-order chi connectivity index (χ0) is 20.0. The molecule has 7 nitrogen and oxygen atoms in total. The van der Waals surface area contributed by atoms with E-state index >= 15 is 0 Å². The van der Waals surface area contributed by atoms with Crippen LogP contribution in [0.1, 0.15) is 32.2 Å². The summed E-state index contributed by atoms with van der Waals surface area (Å²) in [6.07, 6.45) is 2.50. The van der Waals surface area contributed by atoms with Gasteiger partial charge in [0.25, 0.3) is 0 Å². The van der Waals surface area contributed by atoms with E-state index in [0.717, 1.165) is 17.9 Å². The first-order valence-electron chi connectivity index (χ1n) is 9.08. The standard InChI is InChI=1S/C21H24N4O3/c1-21(2,3)18-14-19(25-28-18)24-20(26)23-16-7-9-17(10-8-16)27-13-11-15-6-4-5-12-22-15/h4-10,12,14H,11,13H2,1-3H3,(H2,23,24,25,26). The number of ether oxygens (including phenoxy) is 1. The zero-order valence-corrected chi connectivity index (χ0v) is 16.2. The van der Waals surface area contributed by atoms with E-state index < -0.39 is 6.03 Å². The molecule has 7 heteroatoms. The second kappa shape index (κ2) is 8.56. The third-order valence-corrected chi connectivity index (χ3v) is 3.96. The van der Waals surface area contributed by atoms with Crippen LogP contribution in [-0.2, 0) is 11.8 Å². The molecule has 146 valence electrons. The summed E-state index contributed by atoms with van der Waals surface area (Å²) < 4.78 is 11.0. The van der Waals surface area contributed by atoms with E-state index in [0.29, 0.717) is 23.9 Å². The molecule has 3 aromatic rings. The lowest BCUT2D eigenvalue weighted by molar-refractivity contribution is 0.262. The molecule has 0 saturated carbocycles. The van der Waals surface area contributed by atoms with Gasteiger partial charge in [0.15, 0.2) is 5.82 Å². The number of hydrogen-bond acceptors (Lipinski definition) is 5. The topological polar surface area (TPSA) is 89.3 Å². The Hall–Kier alpha value is -3.35. The van der Waals surface area contributed by atoms with Crippen molar-refractivity contribution in [2.45, 2.75) is 32.6 Å². The van der Waals surface area contributed by atoms with Gasteiger partial charge in [-0.3, -0.25) is 10.3 Å². The van der Waals surface area contributed by atoms with Crippen LogP contribution in [0.4, 0.5) is 16.3 Å². The fourth-order valence-corrected chi connectivity index (χ4v) is 2.42. The van der Waals surface area contributed by atoms with E-state index in [4.69, 9.17) is 9.26 Å². The maximum Gasteiger partial charge on any atom is 0.324 e. The Morgan fingerprint density at radius 3 is 2.54 bits per heavy atom. The Balaban J connectivity index is 1.47. The molecular formula is C21H24N4O3. The fraction of sp³-hybridized carbons (Fsp3) is 0.286. The van der Waals surface area contributed by atoms with Gasteiger partial charge in [-0.05, 0) is 36.4 Å². The van der Waals surface area contributed by atoms with Crippen molar-refractivity contribution in [2.75, 3.05) is 17.2 Å². The molecule has 0 aliphatic heterocycles. The second-order valence-electron chi connectivity index (χ2n) is 7.35. The average Bonchev–Trinajstić information content (AvgIpc) is 3.13. The highest BCUT2D eigenvalue weighted by molar-refractivity contribution is 5.99. The highest BCUT2D eigenvalue weighted by atomic mass is 16.5. The van der Waals surface area contributed by atoms with Gasteiger partial charge in [0, 0.05) is 35.5 Å². The van der Waals surface area contributed by atoms with Gasteiger partial charge < -0.3 is 14.6 Å². The molecule has 0 bridgehead atoms. The number of pyridine rings is 1. The Morgan fingerprint density at radius 1 is 1.11 bits per heavy atom. The number of hydrogen-bond donors (Lipinski definition) is 2. The lowest BCUT2D eigenvalue weighted by atomic mass is 9.93. The van der Waals surface area contributed by atoms with E-state index in [-0.39, 0.29) is 5.41 Å². The summed E-state index contributed by atoms with van der Waals surface area (Å²) in [6.45, 7) is 6.57. The maximum atomic E-state index is 12.1. The van der Waals surface area contributed by atoms with E-state index in [9.17, 15) is 4.79 Å². The molecule has 0 radical (unpaired) electrons. The quantitative estimate of drug-likeness (QED) is 0.651. The molecule has 2 heterocycles. The van der Waals surface area contributed by atoms with E-state index in [1.807, 2.05) is 51.1 Å². The summed E-state index contributed by atoms with van der Waals surface area (Å²) in [4.78, 5) is 16.4. The van der Waals surface area contributed by atoms with Crippen molar-refractivity contribution >= 4 is 17.5 Å². The number of urea groups is 1. The molecular weight excluding hydrogens is 356 g/mol. The smallest absolute Gasteiger partial charge is 0.324 e. The van der Waals surface area contributed by atoms with Crippen LogP contribution in [0.25, 0.3) is 0 Å². The minimum atomic E-state index is -0.391. The Morgan fingerprint density at radius 2 is 1.89 bits per heavy atom. The summed E-state index contributed by atoms with van der Waals surface area (Å²) in [7, 11) is 0. The summed E-state index contributed by atoms with van der Waals surface area (Å²) in [5.41, 5.74) is 1.46. The molecule has 0 spiro atoms. The van der Waals surface area contributed by atoms with Gasteiger partial charge in [-0.15, -0.1) is 0 Å². The largest absolute Gasteiger partial charge is 0.493 e. The number of anilines is 2. The zero-order valence-electron chi connectivity index (χ0n) is 16.2. The third kappa shape index (κ3) is 5.57. The third-order valence-electron chi connectivity index (χ3n) is 3.96. The highest BCUT2D eigenvalue weighted by Gasteiger charge is 2.20. The van der Waals surface area contributed by atoms with E-state index in [1.54, 1.807) is 24.4 Å². The predicted octanol–water partition coefficient (Wildman–Crippen LogP) is 4.63. The summed E-state index contributed by atoms with van der Waals surface area (Å²) in [6, 6.07) is 14.3. The minimum absolute atomic E-state index is 0.171. The van der Waals surface area contributed by atoms with Crippen molar-refractivity contribution in [1.29, 1.82) is 0 Å². The van der Waals surface area contributed by atoms with Gasteiger partial charge in [-0.2, -0.15) is 0 Å². The van der Waals surface area contributed by atoms with Gasteiger partial charge in [-0.25, -0.2) is 4.79 Å². The van der Waals surface area contributed by atoms with Crippen molar-refractivity contribution in [2.24, 2.45) is 0 Å². The molecule has 0 atom stereocenters. The lowest BCUT2D eigenvalue weighted by Gasteiger charge is -2.12. The number of nitrogens with zero attached hydrogens (tertiary/aromatic N) is 2. The number of aromatic nitrogens is 2. The minimum Gasteiger partial charge on any atom is -0.493 e. The fourth-order valence-electron chi connectivity index (χ4n) is 2.42. The van der Waals surface area contributed by atoms with Crippen molar-refractivity contribution in [3.63, 3.8) is 0 Å². The Bertz CT molecular complexity index is 899. The molecule has 0 saturated heterocycles. The molecule has 2 N–H and O–H groups in total. The molecule has 0 unspecified atom stereocenters. The van der Waals surface area contributed by atoms with Gasteiger partial charge in [0.1, 0.15) is 11.5 Å². The summed E-state index contributed by atoms with van der Waals surface area (Å²) in [5.74, 6) is 1.81. The predicted molar refractivity (Wildman–Crippen MR) is 108 cm³/mol. The first-order chi connectivity index (χ1) is 13.4. The van der Waals surface area contributed by atoms with Crippen molar-refractivity contribution in [3.8, 4) is 5.75 Å². The number of nitrogens with one attached hydrogen (secondary N) is 2. The van der Waals surface area contributed by atoms with Crippen LogP contribution in [0.2, 0.25) is 0 Å². The summed E-state index contributed by atoms with van der Waals surface area (Å²) in [5, 5.41) is 9.27. The van der Waals surface area contributed by atoms with Crippen LogP contribution >= 0.6 is 0 Å². The number of carbonyl (C=O) groups excluding carboxylic acids is 1. The Kier molecular flexibility index (Phi) is 5.93. The molecule has 0 aliphatic rings. The molecule has 0 aliphatic carbocycles. The van der Waals surface area contributed by atoms with Gasteiger partial charge in [-0.1, -0.05) is 32.0 Å². The Labute approximate surface area is 164 Å². The molecule has 2 aromatic heterocycles. The molecule has 1 aromatic carbocycles. The number of carbonyl (C=O) groups is 1. The lowest BCUT2D eigenvalue weighted by Crippen LogP contribution is -2.19. The van der Waals surface area contributed by atoms with Gasteiger partial charge in [0.2, 0.25) is 0 Å². The van der Waals surface area contributed by atoms with Crippen molar-refractivity contribution in [1.82, 2.24) is 10.1 Å².